The van der Waals surface area contributed by atoms with E-state index in [9.17, 15) is 9.59 Å². The molecule has 2 amide bonds. The third-order valence-corrected chi connectivity index (χ3v) is 13.7. The monoisotopic (exact) mass is 551 g/mol. The van der Waals surface area contributed by atoms with Crippen molar-refractivity contribution in [3.8, 4) is 5.75 Å². The van der Waals surface area contributed by atoms with E-state index in [2.05, 4.69) is 67.0 Å². The van der Waals surface area contributed by atoms with Gasteiger partial charge >= 0.3 is 0 Å². The number of imide groups is 1. The predicted octanol–water partition coefficient (Wildman–Crippen LogP) is 7.21. The third-order valence-electron chi connectivity index (χ3n) is 9.19. The van der Waals surface area contributed by atoms with Crippen molar-refractivity contribution < 1.29 is 18.8 Å². The molecule has 0 radical (unpaired) electrons. The van der Waals surface area contributed by atoms with Crippen LogP contribution in [0, 0.1) is 0 Å². The van der Waals surface area contributed by atoms with Crippen LogP contribution in [-0.2, 0) is 4.43 Å². The van der Waals surface area contributed by atoms with Crippen molar-refractivity contribution in [2.24, 2.45) is 0 Å². The Labute approximate surface area is 233 Å². The van der Waals surface area contributed by atoms with Gasteiger partial charge in [0, 0.05) is 39.0 Å². The molecule has 1 aliphatic heterocycles. The molecular formula is C32H33N3O4Si. The number of rotatable bonds is 4. The summed E-state index contributed by atoms with van der Waals surface area (Å²) in [5.41, 5.74) is 4.56. The molecule has 3 heterocycles. The van der Waals surface area contributed by atoms with E-state index < -0.39 is 8.32 Å². The quantitative estimate of drug-likeness (QED) is 0.140. The molecule has 1 unspecified atom stereocenters. The molecule has 0 bridgehead atoms. The Kier molecular flexibility index (Phi) is 5.22. The maximum atomic E-state index is 13.4. The fraction of sp³-hybridized carbons (Fsp3) is 0.312. The summed E-state index contributed by atoms with van der Waals surface area (Å²) in [6.45, 7) is 11.4. The number of para-hydroxylation sites is 1. The van der Waals surface area contributed by atoms with Gasteiger partial charge < -0.3 is 18.7 Å². The Hall–Kier alpha value is -3.88. The molecule has 1 aliphatic carbocycles. The number of carbonyl (C=O) groups is 2. The Balaban J connectivity index is 1.53. The number of H-pyrrole nitrogens is 1. The van der Waals surface area contributed by atoms with Crippen molar-refractivity contribution >= 4 is 63.7 Å². The van der Waals surface area contributed by atoms with Crippen molar-refractivity contribution in [1.82, 2.24) is 14.9 Å². The van der Waals surface area contributed by atoms with Crippen molar-refractivity contribution in [2.45, 2.75) is 57.5 Å². The molecule has 8 heteroatoms. The van der Waals surface area contributed by atoms with Crippen LogP contribution >= 0.6 is 0 Å². The number of benzene rings is 3. The number of amides is 2. The van der Waals surface area contributed by atoms with E-state index >= 15 is 0 Å². The summed E-state index contributed by atoms with van der Waals surface area (Å²) in [6.07, 6.45) is 5.25. The van der Waals surface area contributed by atoms with E-state index in [1.54, 1.807) is 7.11 Å². The maximum absolute atomic E-state index is 13.4. The van der Waals surface area contributed by atoms with Gasteiger partial charge in [-0.1, -0.05) is 51.1 Å². The number of ether oxygens (including phenoxy) is 1. The number of hydrogen-bond donors (Lipinski definition) is 2. The highest BCUT2D eigenvalue weighted by atomic mass is 28.4. The number of aromatic amines is 1. The summed E-state index contributed by atoms with van der Waals surface area (Å²) in [6, 6.07) is 14.0. The number of nitrogens with zero attached hydrogens (tertiary/aromatic N) is 1. The van der Waals surface area contributed by atoms with Gasteiger partial charge in [-0.05, 0) is 42.4 Å². The number of nitrogens with one attached hydrogen (secondary N) is 2. The molecule has 2 N–H and O–H groups in total. The van der Waals surface area contributed by atoms with Crippen LogP contribution in [0.25, 0.3) is 43.6 Å². The van der Waals surface area contributed by atoms with E-state index in [1.807, 2.05) is 36.4 Å². The van der Waals surface area contributed by atoms with E-state index in [4.69, 9.17) is 9.16 Å². The van der Waals surface area contributed by atoms with Gasteiger partial charge in [0.2, 0.25) is 0 Å². The zero-order chi connectivity index (χ0) is 28.1. The molecule has 40 heavy (non-hydrogen) atoms. The Morgan fingerprint density at radius 3 is 2.40 bits per heavy atom. The lowest BCUT2D eigenvalue weighted by Gasteiger charge is -2.38. The van der Waals surface area contributed by atoms with Crippen LogP contribution < -0.4 is 10.1 Å². The third kappa shape index (κ3) is 3.39. The van der Waals surface area contributed by atoms with Crippen LogP contribution in [0.5, 0.6) is 5.75 Å². The average Bonchev–Trinajstić information content (AvgIpc) is 3.65. The van der Waals surface area contributed by atoms with Crippen LogP contribution in [0.4, 0.5) is 0 Å². The second-order valence-corrected chi connectivity index (χ2v) is 17.3. The molecule has 0 fully saturated rings. The van der Waals surface area contributed by atoms with Crippen molar-refractivity contribution in [2.75, 3.05) is 7.11 Å². The molecule has 0 saturated carbocycles. The molecule has 5 aromatic rings. The minimum absolute atomic E-state index is 0.0175. The molecule has 7 rings (SSSR count). The lowest BCUT2D eigenvalue weighted by Crippen LogP contribution is -2.43. The highest BCUT2D eigenvalue weighted by molar-refractivity contribution is 6.74. The Morgan fingerprint density at radius 2 is 1.68 bits per heavy atom. The van der Waals surface area contributed by atoms with Gasteiger partial charge in [-0.15, -0.1) is 0 Å². The van der Waals surface area contributed by atoms with Gasteiger partial charge in [0.15, 0.2) is 8.32 Å². The first kappa shape index (κ1) is 25.1. The summed E-state index contributed by atoms with van der Waals surface area (Å²) in [5.74, 6) is -0.0268. The number of methoxy groups -OCH3 is 1. The minimum Gasteiger partial charge on any atom is -0.497 e. The first-order valence-corrected chi connectivity index (χ1v) is 16.7. The number of allylic oxidation sites excluding steroid dienone is 1. The maximum Gasteiger partial charge on any atom is 0.259 e. The molecule has 204 valence electrons. The van der Waals surface area contributed by atoms with Gasteiger partial charge in [0.1, 0.15) is 5.75 Å². The summed E-state index contributed by atoms with van der Waals surface area (Å²) in [4.78, 5) is 30.3. The first-order valence-electron chi connectivity index (χ1n) is 13.8. The highest BCUT2D eigenvalue weighted by Crippen LogP contribution is 2.47. The van der Waals surface area contributed by atoms with Gasteiger partial charge in [0.25, 0.3) is 11.8 Å². The lowest BCUT2D eigenvalue weighted by atomic mass is 9.96. The average molecular weight is 552 g/mol. The first-order chi connectivity index (χ1) is 19.0. The summed E-state index contributed by atoms with van der Waals surface area (Å²) >= 11 is 0. The van der Waals surface area contributed by atoms with Crippen molar-refractivity contribution in [3.05, 3.63) is 65.7 Å². The predicted molar refractivity (Wildman–Crippen MR) is 162 cm³/mol. The van der Waals surface area contributed by atoms with Gasteiger partial charge in [0.05, 0.1) is 41.4 Å². The fourth-order valence-corrected chi connectivity index (χ4v) is 7.54. The van der Waals surface area contributed by atoms with Crippen LogP contribution in [0.15, 0.2) is 54.6 Å². The zero-order valence-electron chi connectivity index (χ0n) is 23.6. The number of carbonyl (C=O) groups excluding carboxylic acids is 2. The van der Waals surface area contributed by atoms with Crippen LogP contribution in [-0.4, -0.2) is 42.9 Å². The largest absolute Gasteiger partial charge is 0.497 e. The number of fused-ring (bicyclic) bond motifs is 10. The minimum atomic E-state index is -1.97. The van der Waals surface area contributed by atoms with Gasteiger partial charge in [-0.25, -0.2) is 0 Å². The number of aromatic nitrogens is 2. The van der Waals surface area contributed by atoms with Crippen LogP contribution in [0.1, 0.15) is 53.9 Å². The van der Waals surface area contributed by atoms with E-state index in [0.29, 0.717) is 16.9 Å². The SMILES string of the molecule is COc1ccc2[nH]c3c(c4c(c5c6ccccc6n(C6C=C[C@@H](O[Si](C)(C)C(C)(C)C)C6)c35)C(=O)NC4=O)c2c1. The standard InChI is InChI=1S/C32H33N3O4Si/c1-32(2,3)40(5,6)39-19-12-11-17(15-19)35-23-10-8-7-9-20(23)25-27-26(30(36)34-31(27)37)24-21-16-18(38-4)13-14-22(21)33-28(24)29(25)35/h7-14,16-17,19,33H,15H2,1-6H3,(H,34,36,37)/t17?,19-/m1/s1. The summed E-state index contributed by atoms with van der Waals surface area (Å²) < 4.78 is 14.6. The highest BCUT2D eigenvalue weighted by Gasteiger charge is 2.41. The second kappa shape index (κ2) is 8.31. The van der Waals surface area contributed by atoms with Crippen LogP contribution in [0.3, 0.4) is 0 Å². The fourth-order valence-electron chi connectivity index (χ4n) is 6.26. The second-order valence-electron chi connectivity index (χ2n) is 12.5. The Bertz CT molecular complexity index is 1940. The Morgan fingerprint density at radius 1 is 0.950 bits per heavy atom. The van der Waals surface area contributed by atoms with Crippen molar-refractivity contribution in [3.63, 3.8) is 0 Å². The van der Waals surface area contributed by atoms with Gasteiger partial charge in [-0.2, -0.15) is 0 Å². The summed E-state index contributed by atoms with van der Waals surface area (Å²) in [7, 11) is -0.340. The lowest BCUT2D eigenvalue weighted by molar-refractivity contribution is 0.0880. The molecule has 2 aromatic heterocycles. The van der Waals surface area contributed by atoms with Gasteiger partial charge in [-0.3, -0.25) is 14.9 Å². The molecule has 0 saturated heterocycles. The summed E-state index contributed by atoms with van der Waals surface area (Å²) in [5, 5.41) is 6.06. The van der Waals surface area contributed by atoms with E-state index in [0.717, 1.165) is 50.0 Å². The molecule has 7 nitrogen and oxygen atoms in total. The van der Waals surface area contributed by atoms with E-state index in [1.165, 1.54) is 0 Å². The normalized spacial score (nSPS) is 19.4. The molecule has 0 spiro atoms. The molecule has 2 atom stereocenters. The molecule has 3 aromatic carbocycles. The van der Waals surface area contributed by atoms with Crippen LogP contribution in [0.2, 0.25) is 18.1 Å². The number of hydrogen-bond acceptors (Lipinski definition) is 4. The van der Waals surface area contributed by atoms with Crippen molar-refractivity contribution in [1.29, 1.82) is 0 Å². The molecule has 2 aliphatic rings. The van der Waals surface area contributed by atoms with E-state index in [-0.39, 0.29) is 29.0 Å². The zero-order valence-corrected chi connectivity index (χ0v) is 24.6. The smallest absolute Gasteiger partial charge is 0.259 e. The molecular weight excluding hydrogens is 518 g/mol. The topological polar surface area (TPSA) is 85.3 Å².